The van der Waals surface area contributed by atoms with E-state index >= 15 is 0 Å². The van der Waals surface area contributed by atoms with E-state index in [0.29, 0.717) is 27.9 Å². The Labute approximate surface area is 189 Å². The van der Waals surface area contributed by atoms with Gasteiger partial charge in [-0.15, -0.1) is 0 Å². The number of hydrogen-bond donors (Lipinski definition) is 2. The van der Waals surface area contributed by atoms with Crippen LogP contribution in [0.1, 0.15) is 6.92 Å². The van der Waals surface area contributed by atoms with E-state index in [1.807, 2.05) is 0 Å². The predicted molar refractivity (Wildman–Crippen MR) is 119 cm³/mol. The average Bonchev–Trinajstić information content (AvgIpc) is 3.18. The van der Waals surface area contributed by atoms with Crippen molar-refractivity contribution in [1.29, 1.82) is 0 Å². The number of aromatic nitrogens is 2. The van der Waals surface area contributed by atoms with E-state index in [1.54, 1.807) is 62.7 Å². The molecule has 10 heteroatoms. The van der Waals surface area contributed by atoms with E-state index < -0.39 is 12.0 Å². The monoisotopic (exact) mass is 462 g/mol. The largest absolute Gasteiger partial charge is 0.497 e. The number of methoxy groups -OCH3 is 1. The van der Waals surface area contributed by atoms with Crippen molar-refractivity contribution >= 4 is 46.4 Å². The Morgan fingerprint density at radius 3 is 2.55 bits per heavy atom. The molecule has 8 nitrogen and oxygen atoms in total. The Morgan fingerprint density at radius 2 is 1.84 bits per heavy atom. The van der Waals surface area contributed by atoms with Gasteiger partial charge in [0.2, 0.25) is 5.91 Å². The van der Waals surface area contributed by atoms with E-state index in [9.17, 15) is 9.59 Å². The number of anilines is 2. The first-order chi connectivity index (χ1) is 14.9. The lowest BCUT2D eigenvalue weighted by atomic mass is 10.3. The molecule has 2 aromatic carbocycles. The van der Waals surface area contributed by atoms with Gasteiger partial charge in [-0.05, 0) is 43.3 Å². The maximum Gasteiger partial charge on any atom is 0.265 e. The summed E-state index contributed by atoms with van der Waals surface area (Å²) in [5.41, 5.74) is 1.06. The second-order valence-corrected chi connectivity index (χ2v) is 7.29. The summed E-state index contributed by atoms with van der Waals surface area (Å²) >= 11 is 12.0. The second-order valence-electron chi connectivity index (χ2n) is 6.50. The van der Waals surface area contributed by atoms with Gasteiger partial charge < -0.3 is 20.1 Å². The first-order valence-corrected chi connectivity index (χ1v) is 9.99. The van der Waals surface area contributed by atoms with Gasteiger partial charge in [0.05, 0.1) is 24.0 Å². The summed E-state index contributed by atoms with van der Waals surface area (Å²) in [6, 6.07) is 11.9. The molecule has 3 aromatic rings. The molecule has 0 saturated heterocycles. The molecule has 1 heterocycles. The maximum atomic E-state index is 12.4. The molecule has 0 radical (unpaired) electrons. The fraction of sp³-hybridized carbons (Fsp3) is 0.190. The topological polar surface area (TPSA) is 94.5 Å². The molecule has 0 aliphatic rings. The zero-order chi connectivity index (χ0) is 22.4. The SMILES string of the molecule is COc1ccc(NC(=O)Cn2cc(NC(=O)C(C)Oc3cccc(Cl)c3Cl)cn2)cc1. The van der Waals surface area contributed by atoms with Crippen LogP contribution in [0.3, 0.4) is 0 Å². The average molecular weight is 463 g/mol. The highest BCUT2D eigenvalue weighted by molar-refractivity contribution is 6.42. The van der Waals surface area contributed by atoms with Gasteiger partial charge in [-0.1, -0.05) is 29.3 Å². The number of halogens is 2. The number of nitrogens with one attached hydrogen (secondary N) is 2. The molecule has 0 fully saturated rings. The quantitative estimate of drug-likeness (QED) is 0.521. The number of hydrogen-bond acceptors (Lipinski definition) is 5. The maximum absolute atomic E-state index is 12.4. The van der Waals surface area contributed by atoms with Crippen LogP contribution >= 0.6 is 23.2 Å². The number of carbonyl (C=O) groups is 2. The van der Waals surface area contributed by atoms with Crippen molar-refractivity contribution in [1.82, 2.24) is 9.78 Å². The van der Waals surface area contributed by atoms with Gasteiger partial charge in [-0.3, -0.25) is 14.3 Å². The number of rotatable bonds is 8. The van der Waals surface area contributed by atoms with E-state index in [4.69, 9.17) is 32.7 Å². The molecule has 31 heavy (non-hydrogen) atoms. The molecule has 2 N–H and O–H groups in total. The Hall–Kier alpha value is -3.23. The minimum absolute atomic E-state index is 0.0218. The van der Waals surface area contributed by atoms with Crippen molar-refractivity contribution in [2.24, 2.45) is 0 Å². The standard InChI is InChI=1S/C21H20Cl2N4O4/c1-13(31-18-5-3-4-17(22)20(18)23)21(29)26-15-10-24-27(11-15)12-19(28)25-14-6-8-16(30-2)9-7-14/h3-11,13H,12H2,1-2H3,(H,25,28)(H,26,29). The van der Waals surface area contributed by atoms with Gasteiger partial charge in [-0.25, -0.2) is 0 Å². The highest BCUT2D eigenvalue weighted by Crippen LogP contribution is 2.32. The van der Waals surface area contributed by atoms with Gasteiger partial charge in [-0.2, -0.15) is 5.10 Å². The van der Waals surface area contributed by atoms with E-state index in [2.05, 4.69) is 15.7 Å². The van der Waals surface area contributed by atoms with Crippen LogP contribution in [0.25, 0.3) is 0 Å². The fourth-order valence-electron chi connectivity index (χ4n) is 2.60. The summed E-state index contributed by atoms with van der Waals surface area (Å²) in [6.07, 6.45) is 2.15. The van der Waals surface area contributed by atoms with Crippen molar-refractivity contribution in [3.63, 3.8) is 0 Å². The number of benzene rings is 2. The Kier molecular flexibility index (Phi) is 7.38. The van der Waals surface area contributed by atoms with Crippen molar-refractivity contribution < 1.29 is 19.1 Å². The van der Waals surface area contributed by atoms with Crippen LogP contribution < -0.4 is 20.1 Å². The Bertz CT molecular complexity index is 1070. The van der Waals surface area contributed by atoms with Crippen molar-refractivity contribution in [2.45, 2.75) is 19.6 Å². The molecule has 0 aliphatic carbocycles. The smallest absolute Gasteiger partial charge is 0.265 e. The number of nitrogens with zero attached hydrogens (tertiary/aromatic N) is 2. The molecular formula is C21H20Cl2N4O4. The van der Waals surface area contributed by atoms with E-state index in [0.717, 1.165) is 0 Å². The van der Waals surface area contributed by atoms with Crippen molar-refractivity contribution in [3.8, 4) is 11.5 Å². The van der Waals surface area contributed by atoms with Crippen LogP contribution in [-0.4, -0.2) is 34.8 Å². The predicted octanol–water partition coefficient (Wildman–Crippen LogP) is 4.24. The molecule has 0 spiro atoms. The highest BCUT2D eigenvalue weighted by atomic mass is 35.5. The fourth-order valence-corrected chi connectivity index (χ4v) is 2.94. The summed E-state index contributed by atoms with van der Waals surface area (Å²) in [6.45, 7) is 1.56. The molecule has 1 unspecified atom stereocenters. The molecule has 0 saturated carbocycles. The third-order valence-corrected chi connectivity index (χ3v) is 4.97. The third kappa shape index (κ3) is 6.13. The van der Waals surface area contributed by atoms with Gasteiger partial charge in [0, 0.05) is 11.9 Å². The molecule has 1 atom stereocenters. The summed E-state index contributed by atoms with van der Waals surface area (Å²) in [5, 5.41) is 10.1. The van der Waals surface area contributed by atoms with Gasteiger partial charge in [0.25, 0.3) is 5.91 Å². The summed E-state index contributed by atoms with van der Waals surface area (Å²) < 4.78 is 12.1. The summed E-state index contributed by atoms with van der Waals surface area (Å²) in [7, 11) is 1.57. The van der Waals surface area contributed by atoms with E-state index in [-0.39, 0.29) is 17.5 Å². The minimum atomic E-state index is -0.835. The number of ether oxygens (including phenoxy) is 2. The van der Waals surface area contributed by atoms with Gasteiger partial charge in [0.1, 0.15) is 23.1 Å². The molecular weight excluding hydrogens is 443 g/mol. The van der Waals surface area contributed by atoms with Gasteiger partial charge >= 0.3 is 0 Å². The zero-order valence-corrected chi connectivity index (χ0v) is 18.3. The van der Waals surface area contributed by atoms with Crippen LogP contribution in [-0.2, 0) is 16.1 Å². The lowest BCUT2D eigenvalue weighted by Gasteiger charge is -2.15. The number of amides is 2. The third-order valence-electron chi connectivity index (χ3n) is 4.17. The lowest BCUT2D eigenvalue weighted by molar-refractivity contribution is -0.122. The summed E-state index contributed by atoms with van der Waals surface area (Å²) in [5.74, 6) is 0.334. The van der Waals surface area contributed by atoms with Gasteiger partial charge in [0.15, 0.2) is 6.10 Å². The minimum Gasteiger partial charge on any atom is -0.497 e. The van der Waals surface area contributed by atoms with Crippen LogP contribution in [0.2, 0.25) is 10.0 Å². The van der Waals surface area contributed by atoms with Crippen LogP contribution in [0.4, 0.5) is 11.4 Å². The second kappa shape index (κ2) is 10.2. The molecule has 0 aliphatic heterocycles. The Morgan fingerprint density at radius 1 is 1.10 bits per heavy atom. The Balaban J connectivity index is 1.53. The first kappa shape index (κ1) is 22.5. The van der Waals surface area contributed by atoms with Crippen molar-refractivity contribution in [3.05, 3.63) is 64.9 Å². The zero-order valence-electron chi connectivity index (χ0n) is 16.8. The van der Waals surface area contributed by atoms with Crippen LogP contribution in [0.5, 0.6) is 11.5 Å². The normalized spacial score (nSPS) is 11.5. The van der Waals surface area contributed by atoms with E-state index in [1.165, 1.54) is 10.9 Å². The summed E-state index contributed by atoms with van der Waals surface area (Å²) in [4.78, 5) is 24.6. The molecule has 3 rings (SSSR count). The first-order valence-electron chi connectivity index (χ1n) is 9.23. The molecule has 162 valence electrons. The highest BCUT2D eigenvalue weighted by Gasteiger charge is 2.18. The van der Waals surface area contributed by atoms with Crippen molar-refractivity contribution in [2.75, 3.05) is 17.7 Å². The lowest BCUT2D eigenvalue weighted by Crippen LogP contribution is -2.30. The molecule has 0 bridgehead atoms. The molecule has 1 aromatic heterocycles. The number of carbonyl (C=O) groups excluding carboxylic acids is 2. The van der Waals surface area contributed by atoms with Crippen LogP contribution in [0, 0.1) is 0 Å². The molecule has 2 amide bonds. The van der Waals surface area contributed by atoms with Crippen LogP contribution in [0.15, 0.2) is 54.9 Å².